The molecule has 0 atom stereocenters. The predicted octanol–water partition coefficient (Wildman–Crippen LogP) is 2.16. The number of hydrogen-bond acceptors (Lipinski definition) is 3. The number of benzene rings is 1. The SMILES string of the molecule is CCOc1ccc(OCC[n+]2cccc(O)c2)cc1. The van der Waals surface area contributed by atoms with Gasteiger partial charge in [-0.15, -0.1) is 0 Å². The molecule has 4 heteroatoms. The summed E-state index contributed by atoms with van der Waals surface area (Å²) in [6, 6.07) is 11.0. The molecule has 0 aliphatic rings. The van der Waals surface area contributed by atoms with Gasteiger partial charge in [0, 0.05) is 6.07 Å². The van der Waals surface area contributed by atoms with E-state index in [1.807, 2.05) is 42.0 Å². The molecule has 0 radical (unpaired) electrons. The number of rotatable bonds is 6. The summed E-state index contributed by atoms with van der Waals surface area (Å²) in [5, 5.41) is 9.33. The molecule has 19 heavy (non-hydrogen) atoms. The number of aromatic hydroxyl groups is 1. The number of pyridine rings is 1. The Morgan fingerprint density at radius 3 is 2.37 bits per heavy atom. The normalized spacial score (nSPS) is 10.2. The first-order valence-electron chi connectivity index (χ1n) is 6.31. The van der Waals surface area contributed by atoms with E-state index in [1.54, 1.807) is 18.3 Å². The maximum atomic E-state index is 9.33. The Kier molecular flexibility index (Phi) is 4.61. The summed E-state index contributed by atoms with van der Waals surface area (Å²) in [6.07, 6.45) is 3.56. The Labute approximate surface area is 112 Å². The second-order valence-electron chi connectivity index (χ2n) is 4.05. The molecule has 4 nitrogen and oxygen atoms in total. The number of ether oxygens (including phenoxy) is 2. The van der Waals surface area contributed by atoms with Gasteiger partial charge in [-0.3, -0.25) is 0 Å². The Morgan fingerprint density at radius 1 is 1.05 bits per heavy atom. The molecule has 0 amide bonds. The van der Waals surface area contributed by atoms with Gasteiger partial charge in [-0.25, -0.2) is 0 Å². The van der Waals surface area contributed by atoms with Gasteiger partial charge in [0.05, 0.1) is 6.61 Å². The largest absolute Gasteiger partial charge is 0.503 e. The van der Waals surface area contributed by atoms with Crippen LogP contribution in [0.5, 0.6) is 17.2 Å². The fourth-order valence-corrected chi connectivity index (χ4v) is 1.71. The molecule has 1 N–H and O–H groups in total. The van der Waals surface area contributed by atoms with Gasteiger partial charge < -0.3 is 14.6 Å². The molecule has 0 aliphatic heterocycles. The first-order chi connectivity index (χ1) is 9.28. The third-order valence-electron chi connectivity index (χ3n) is 2.60. The van der Waals surface area contributed by atoms with E-state index in [4.69, 9.17) is 9.47 Å². The van der Waals surface area contributed by atoms with Crippen molar-refractivity contribution in [2.45, 2.75) is 13.5 Å². The van der Waals surface area contributed by atoms with Crippen LogP contribution in [0.2, 0.25) is 0 Å². The van der Waals surface area contributed by atoms with Crippen LogP contribution in [-0.4, -0.2) is 18.3 Å². The van der Waals surface area contributed by atoms with Crippen molar-refractivity contribution < 1.29 is 19.1 Å². The highest BCUT2D eigenvalue weighted by Crippen LogP contribution is 2.17. The molecule has 0 saturated heterocycles. The first kappa shape index (κ1) is 13.2. The van der Waals surface area contributed by atoms with Gasteiger partial charge in [-0.2, -0.15) is 4.57 Å². The molecular formula is C15H18NO3+. The highest BCUT2D eigenvalue weighted by molar-refractivity contribution is 5.31. The van der Waals surface area contributed by atoms with Gasteiger partial charge >= 0.3 is 0 Å². The molecule has 100 valence electrons. The number of aromatic nitrogens is 1. The van der Waals surface area contributed by atoms with E-state index in [0.717, 1.165) is 11.5 Å². The zero-order chi connectivity index (χ0) is 13.5. The van der Waals surface area contributed by atoms with Gasteiger partial charge in [0.2, 0.25) is 6.20 Å². The lowest BCUT2D eigenvalue weighted by molar-refractivity contribution is -0.697. The quantitative estimate of drug-likeness (QED) is 0.809. The van der Waals surface area contributed by atoms with Crippen LogP contribution in [0, 0.1) is 0 Å². The molecular weight excluding hydrogens is 242 g/mol. The Balaban J connectivity index is 1.82. The molecule has 0 spiro atoms. The highest BCUT2D eigenvalue weighted by atomic mass is 16.5. The molecule has 0 saturated carbocycles. The third-order valence-corrected chi connectivity index (χ3v) is 2.60. The zero-order valence-electron chi connectivity index (χ0n) is 11.0. The first-order valence-corrected chi connectivity index (χ1v) is 6.31. The fraction of sp³-hybridized carbons (Fsp3) is 0.267. The van der Waals surface area contributed by atoms with E-state index >= 15 is 0 Å². The topological polar surface area (TPSA) is 42.6 Å². The molecule has 1 aromatic heterocycles. The smallest absolute Gasteiger partial charge is 0.211 e. The van der Waals surface area contributed by atoms with Crippen LogP contribution in [-0.2, 0) is 6.54 Å². The minimum absolute atomic E-state index is 0.253. The average Bonchev–Trinajstić information content (AvgIpc) is 2.41. The molecule has 0 fully saturated rings. The minimum atomic E-state index is 0.253. The van der Waals surface area contributed by atoms with E-state index in [9.17, 15) is 5.11 Å². The van der Waals surface area contributed by atoms with Crippen molar-refractivity contribution in [3.05, 3.63) is 48.8 Å². The van der Waals surface area contributed by atoms with E-state index in [2.05, 4.69) is 0 Å². The Morgan fingerprint density at radius 2 is 1.74 bits per heavy atom. The average molecular weight is 260 g/mol. The second-order valence-corrected chi connectivity index (χ2v) is 4.05. The van der Waals surface area contributed by atoms with Crippen LogP contribution in [0.15, 0.2) is 48.8 Å². The third kappa shape index (κ3) is 4.17. The standard InChI is InChI=1S/C15H17NO3/c1-2-18-14-5-7-15(8-6-14)19-11-10-16-9-3-4-13(17)12-16/h3-9,12H,2,10-11H2,1H3/p+1. The highest BCUT2D eigenvalue weighted by Gasteiger charge is 2.02. The lowest BCUT2D eigenvalue weighted by Crippen LogP contribution is -2.35. The summed E-state index contributed by atoms with van der Waals surface area (Å²) in [7, 11) is 0. The fourth-order valence-electron chi connectivity index (χ4n) is 1.71. The van der Waals surface area contributed by atoms with Crippen LogP contribution in [0.3, 0.4) is 0 Å². The second kappa shape index (κ2) is 6.64. The van der Waals surface area contributed by atoms with Crippen molar-refractivity contribution in [1.29, 1.82) is 0 Å². The van der Waals surface area contributed by atoms with Gasteiger partial charge in [-0.1, -0.05) is 0 Å². The monoisotopic (exact) mass is 260 g/mol. The van der Waals surface area contributed by atoms with E-state index < -0.39 is 0 Å². The molecule has 1 heterocycles. The van der Waals surface area contributed by atoms with Crippen LogP contribution in [0.1, 0.15) is 6.92 Å². The van der Waals surface area contributed by atoms with Crippen molar-refractivity contribution in [2.24, 2.45) is 0 Å². The van der Waals surface area contributed by atoms with E-state index in [0.29, 0.717) is 19.8 Å². The molecule has 1 aromatic carbocycles. The van der Waals surface area contributed by atoms with E-state index in [-0.39, 0.29) is 5.75 Å². The summed E-state index contributed by atoms with van der Waals surface area (Å²) in [6.45, 7) is 3.84. The van der Waals surface area contributed by atoms with Gasteiger partial charge in [0.25, 0.3) is 0 Å². The van der Waals surface area contributed by atoms with Gasteiger partial charge in [-0.05, 0) is 37.3 Å². The Bertz CT molecular complexity index is 511. The number of hydrogen-bond donors (Lipinski definition) is 1. The van der Waals surface area contributed by atoms with Crippen molar-refractivity contribution in [1.82, 2.24) is 0 Å². The predicted molar refractivity (Wildman–Crippen MR) is 71.4 cm³/mol. The van der Waals surface area contributed by atoms with Crippen molar-refractivity contribution in [3.63, 3.8) is 0 Å². The molecule has 0 bridgehead atoms. The summed E-state index contributed by atoms with van der Waals surface area (Å²) in [4.78, 5) is 0. The lowest BCUT2D eigenvalue weighted by Gasteiger charge is -2.06. The summed E-state index contributed by atoms with van der Waals surface area (Å²) in [5.41, 5.74) is 0. The van der Waals surface area contributed by atoms with Gasteiger partial charge in [0.1, 0.15) is 18.1 Å². The van der Waals surface area contributed by atoms with Crippen molar-refractivity contribution in [2.75, 3.05) is 13.2 Å². The molecule has 0 unspecified atom stereocenters. The molecule has 0 aliphatic carbocycles. The van der Waals surface area contributed by atoms with E-state index in [1.165, 1.54) is 0 Å². The summed E-state index contributed by atoms with van der Waals surface area (Å²) >= 11 is 0. The zero-order valence-corrected chi connectivity index (χ0v) is 11.0. The van der Waals surface area contributed by atoms with Crippen LogP contribution < -0.4 is 14.0 Å². The minimum Gasteiger partial charge on any atom is -0.503 e. The van der Waals surface area contributed by atoms with Crippen molar-refractivity contribution >= 4 is 0 Å². The van der Waals surface area contributed by atoms with Crippen LogP contribution >= 0.6 is 0 Å². The maximum absolute atomic E-state index is 9.33. The van der Waals surface area contributed by atoms with Crippen LogP contribution in [0.4, 0.5) is 0 Å². The lowest BCUT2D eigenvalue weighted by atomic mass is 10.3. The van der Waals surface area contributed by atoms with Gasteiger partial charge in [0.15, 0.2) is 18.5 Å². The molecule has 2 rings (SSSR count). The van der Waals surface area contributed by atoms with Crippen molar-refractivity contribution in [3.8, 4) is 17.2 Å². The number of nitrogens with zero attached hydrogens (tertiary/aromatic N) is 1. The molecule has 2 aromatic rings. The summed E-state index contributed by atoms with van der Waals surface area (Å²) < 4.78 is 12.9. The summed E-state index contributed by atoms with van der Waals surface area (Å²) in [5.74, 6) is 1.91. The Hall–Kier alpha value is -2.23. The maximum Gasteiger partial charge on any atom is 0.211 e. The van der Waals surface area contributed by atoms with Crippen LogP contribution in [0.25, 0.3) is 0 Å².